The third-order valence-electron chi connectivity index (χ3n) is 4.32. The van der Waals surface area contributed by atoms with Gasteiger partial charge in [0.1, 0.15) is 5.82 Å². The lowest BCUT2D eigenvalue weighted by Gasteiger charge is -2.22. The molecular formula is C17H27FN4. The number of nitrogens with zero attached hydrogens (tertiary/aromatic N) is 2. The average molecular weight is 306 g/mol. The molecular weight excluding hydrogens is 279 g/mol. The zero-order chi connectivity index (χ0) is 16.1. The zero-order valence-electron chi connectivity index (χ0n) is 13.9. The minimum absolute atomic E-state index is 0.189. The summed E-state index contributed by atoms with van der Waals surface area (Å²) in [6, 6.07) is 7.74. The molecule has 122 valence electrons. The number of benzene rings is 1. The quantitative estimate of drug-likeness (QED) is 0.662. The highest BCUT2D eigenvalue weighted by molar-refractivity contribution is 5.80. The van der Waals surface area contributed by atoms with E-state index in [0.717, 1.165) is 19.0 Å². The number of hydrogen-bond donors (Lipinski definition) is 2. The van der Waals surface area contributed by atoms with Crippen LogP contribution in [0.15, 0.2) is 29.3 Å². The largest absolute Gasteiger partial charge is 0.352 e. The first kappa shape index (κ1) is 16.7. The summed E-state index contributed by atoms with van der Waals surface area (Å²) < 4.78 is 13.6. The molecule has 2 atom stereocenters. The van der Waals surface area contributed by atoms with Gasteiger partial charge in [-0.2, -0.15) is 0 Å². The number of likely N-dealkylation sites (tertiary alicyclic amines) is 1. The van der Waals surface area contributed by atoms with E-state index < -0.39 is 0 Å². The molecule has 1 aromatic carbocycles. The van der Waals surface area contributed by atoms with Crippen molar-refractivity contribution in [1.29, 1.82) is 0 Å². The van der Waals surface area contributed by atoms with Crippen LogP contribution in [0.2, 0.25) is 0 Å². The van der Waals surface area contributed by atoms with Crippen molar-refractivity contribution < 1.29 is 4.39 Å². The highest BCUT2D eigenvalue weighted by atomic mass is 19.1. The number of rotatable bonds is 4. The molecule has 1 aromatic rings. The van der Waals surface area contributed by atoms with E-state index in [1.807, 2.05) is 6.07 Å². The predicted molar refractivity (Wildman–Crippen MR) is 89.4 cm³/mol. The molecule has 0 radical (unpaired) electrons. The molecule has 0 bridgehead atoms. The molecule has 0 aliphatic carbocycles. The SMILES string of the molecule is CN=C(NCc1ccccc1F)NC1CN(C(C)C)CC1C. The Labute approximate surface area is 132 Å². The van der Waals surface area contributed by atoms with Gasteiger partial charge in [-0.05, 0) is 25.8 Å². The molecule has 2 N–H and O–H groups in total. The summed E-state index contributed by atoms with van der Waals surface area (Å²) in [5.41, 5.74) is 0.647. The van der Waals surface area contributed by atoms with Gasteiger partial charge in [0.25, 0.3) is 0 Å². The Morgan fingerprint density at radius 3 is 2.68 bits per heavy atom. The molecule has 1 saturated heterocycles. The maximum absolute atomic E-state index is 13.6. The third kappa shape index (κ3) is 4.19. The number of nitrogens with one attached hydrogen (secondary N) is 2. The second-order valence-electron chi connectivity index (χ2n) is 6.29. The Morgan fingerprint density at radius 2 is 2.09 bits per heavy atom. The minimum Gasteiger partial charge on any atom is -0.352 e. The van der Waals surface area contributed by atoms with E-state index in [4.69, 9.17) is 0 Å². The van der Waals surface area contributed by atoms with Gasteiger partial charge in [-0.15, -0.1) is 0 Å². The van der Waals surface area contributed by atoms with E-state index in [1.54, 1.807) is 19.2 Å². The van der Waals surface area contributed by atoms with Crippen molar-refractivity contribution in [3.63, 3.8) is 0 Å². The molecule has 0 saturated carbocycles. The number of halogens is 1. The summed E-state index contributed by atoms with van der Waals surface area (Å²) in [6.45, 7) is 9.24. The molecule has 0 amide bonds. The molecule has 1 aliphatic heterocycles. The van der Waals surface area contributed by atoms with E-state index in [1.165, 1.54) is 6.07 Å². The lowest BCUT2D eigenvalue weighted by Crippen LogP contribution is -2.46. The van der Waals surface area contributed by atoms with Crippen molar-refractivity contribution in [2.45, 2.75) is 39.4 Å². The zero-order valence-corrected chi connectivity index (χ0v) is 13.9. The van der Waals surface area contributed by atoms with Gasteiger partial charge in [0.05, 0.1) is 0 Å². The lowest BCUT2D eigenvalue weighted by atomic mass is 10.1. The summed E-state index contributed by atoms with van der Waals surface area (Å²) in [7, 11) is 1.75. The van der Waals surface area contributed by atoms with Crippen molar-refractivity contribution >= 4 is 5.96 Å². The Balaban J connectivity index is 1.89. The van der Waals surface area contributed by atoms with Crippen LogP contribution in [-0.4, -0.2) is 43.1 Å². The van der Waals surface area contributed by atoms with E-state index >= 15 is 0 Å². The van der Waals surface area contributed by atoms with Gasteiger partial charge < -0.3 is 10.6 Å². The first-order valence-electron chi connectivity index (χ1n) is 7.96. The van der Waals surface area contributed by atoms with Crippen LogP contribution in [0, 0.1) is 11.7 Å². The van der Waals surface area contributed by atoms with Crippen LogP contribution >= 0.6 is 0 Å². The summed E-state index contributed by atoms with van der Waals surface area (Å²) in [5.74, 6) is 1.10. The van der Waals surface area contributed by atoms with Crippen LogP contribution < -0.4 is 10.6 Å². The van der Waals surface area contributed by atoms with Crippen LogP contribution in [0.4, 0.5) is 4.39 Å². The first-order valence-corrected chi connectivity index (χ1v) is 7.96. The summed E-state index contributed by atoms with van der Waals surface area (Å²) in [4.78, 5) is 6.72. The fourth-order valence-electron chi connectivity index (χ4n) is 2.80. The fraction of sp³-hybridized carbons (Fsp3) is 0.588. The van der Waals surface area contributed by atoms with Gasteiger partial charge in [-0.1, -0.05) is 25.1 Å². The first-order chi connectivity index (χ1) is 10.5. The smallest absolute Gasteiger partial charge is 0.191 e. The topological polar surface area (TPSA) is 39.7 Å². The molecule has 5 heteroatoms. The number of hydrogen-bond acceptors (Lipinski definition) is 2. The van der Waals surface area contributed by atoms with Crippen LogP contribution in [0.1, 0.15) is 26.3 Å². The van der Waals surface area contributed by atoms with Gasteiger partial charge in [0, 0.05) is 44.3 Å². The molecule has 1 heterocycles. The van der Waals surface area contributed by atoms with E-state index in [0.29, 0.717) is 30.1 Å². The maximum atomic E-state index is 13.6. The molecule has 2 unspecified atom stereocenters. The highest BCUT2D eigenvalue weighted by Crippen LogP contribution is 2.18. The van der Waals surface area contributed by atoms with E-state index in [9.17, 15) is 4.39 Å². The minimum atomic E-state index is -0.189. The van der Waals surface area contributed by atoms with Gasteiger partial charge in [-0.3, -0.25) is 9.89 Å². The molecule has 1 aliphatic rings. The molecule has 4 nitrogen and oxygen atoms in total. The van der Waals surface area contributed by atoms with Gasteiger partial charge in [0.15, 0.2) is 5.96 Å². The number of aliphatic imine (C=N–C) groups is 1. The Morgan fingerprint density at radius 1 is 1.36 bits per heavy atom. The summed E-state index contributed by atoms with van der Waals surface area (Å²) >= 11 is 0. The molecule has 0 spiro atoms. The van der Waals surface area contributed by atoms with Gasteiger partial charge in [0.2, 0.25) is 0 Å². The Bertz CT molecular complexity index is 515. The summed E-state index contributed by atoms with van der Waals surface area (Å²) in [6.07, 6.45) is 0. The summed E-state index contributed by atoms with van der Waals surface area (Å²) in [5, 5.41) is 6.66. The van der Waals surface area contributed by atoms with Gasteiger partial charge >= 0.3 is 0 Å². The maximum Gasteiger partial charge on any atom is 0.191 e. The molecule has 0 aromatic heterocycles. The van der Waals surface area contributed by atoms with Crippen molar-refractivity contribution in [3.05, 3.63) is 35.6 Å². The Kier molecular flexibility index (Phi) is 5.77. The standard InChI is InChI=1S/C17H27FN4/c1-12(2)22-10-13(3)16(11-22)21-17(19-4)20-9-14-7-5-6-8-15(14)18/h5-8,12-13,16H,9-11H2,1-4H3,(H2,19,20,21). The number of guanidine groups is 1. The fourth-order valence-corrected chi connectivity index (χ4v) is 2.80. The normalized spacial score (nSPS) is 23.1. The molecule has 1 fully saturated rings. The van der Waals surface area contributed by atoms with Crippen molar-refractivity contribution in [2.75, 3.05) is 20.1 Å². The monoisotopic (exact) mass is 306 g/mol. The average Bonchev–Trinajstić information content (AvgIpc) is 2.86. The van der Waals surface area contributed by atoms with Crippen molar-refractivity contribution in [3.8, 4) is 0 Å². The van der Waals surface area contributed by atoms with Gasteiger partial charge in [-0.25, -0.2) is 4.39 Å². The Hall–Kier alpha value is -1.62. The van der Waals surface area contributed by atoms with E-state index in [2.05, 4.69) is 41.3 Å². The van der Waals surface area contributed by atoms with Crippen LogP contribution in [0.25, 0.3) is 0 Å². The second kappa shape index (κ2) is 7.58. The second-order valence-corrected chi connectivity index (χ2v) is 6.29. The lowest BCUT2D eigenvalue weighted by molar-refractivity contribution is 0.265. The van der Waals surface area contributed by atoms with E-state index in [-0.39, 0.29) is 5.82 Å². The van der Waals surface area contributed by atoms with Crippen molar-refractivity contribution in [2.24, 2.45) is 10.9 Å². The molecule has 22 heavy (non-hydrogen) atoms. The van der Waals surface area contributed by atoms with Crippen LogP contribution in [0.5, 0.6) is 0 Å². The molecule has 2 rings (SSSR count). The van der Waals surface area contributed by atoms with Crippen LogP contribution in [0.3, 0.4) is 0 Å². The third-order valence-corrected chi connectivity index (χ3v) is 4.32. The van der Waals surface area contributed by atoms with Crippen LogP contribution in [-0.2, 0) is 6.54 Å². The highest BCUT2D eigenvalue weighted by Gasteiger charge is 2.31. The van der Waals surface area contributed by atoms with Crippen molar-refractivity contribution in [1.82, 2.24) is 15.5 Å². The predicted octanol–water partition coefficient (Wildman–Crippen LogP) is 2.22.